The van der Waals surface area contributed by atoms with E-state index in [1.54, 1.807) is 0 Å². The molecule has 2 heterocycles. The number of halogens is 1. The van der Waals surface area contributed by atoms with E-state index in [1.165, 1.54) is 0 Å². The molecule has 2 aliphatic rings. The summed E-state index contributed by atoms with van der Waals surface area (Å²) < 4.78 is 5.49. The summed E-state index contributed by atoms with van der Waals surface area (Å²) in [6, 6.07) is 7.52. The number of carbonyl (C=O) groups is 2. The van der Waals surface area contributed by atoms with Gasteiger partial charge in [0.15, 0.2) is 0 Å². The summed E-state index contributed by atoms with van der Waals surface area (Å²) >= 11 is 5.95. The van der Waals surface area contributed by atoms with Gasteiger partial charge in [-0.1, -0.05) is 23.7 Å². The van der Waals surface area contributed by atoms with Gasteiger partial charge in [0.05, 0.1) is 0 Å². The van der Waals surface area contributed by atoms with Gasteiger partial charge >= 0.3 is 0 Å². The van der Waals surface area contributed by atoms with Crippen LogP contribution in [0, 0.1) is 5.92 Å². The maximum absolute atomic E-state index is 12.3. The van der Waals surface area contributed by atoms with E-state index in [0.717, 1.165) is 50.8 Å². The van der Waals surface area contributed by atoms with Crippen molar-refractivity contribution in [1.82, 2.24) is 10.2 Å². The second-order valence-corrected chi connectivity index (χ2v) is 7.65. The van der Waals surface area contributed by atoms with E-state index in [1.807, 2.05) is 29.2 Å². The van der Waals surface area contributed by atoms with Crippen LogP contribution in [0.2, 0.25) is 5.02 Å². The molecule has 142 valence electrons. The number of amides is 2. The molecule has 26 heavy (non-hydrogen) atoms. The topological polar surface area (TPSA) is 58.6 Å². The van der Waals surface area contributed by atoms with E-state index in [4.69, 9.17) is 16.3 Å². The van der Waals surface area contributed by atoms with Crippen molar-refractivity contribution in [3.8, 4) is 0 Å². The number of benzene rings is 1. The van der Waals surface area contributed by atoms with Crippen molar-refractivity contribution < 1.29 is 14.3 Å². The van der Waals surface area contributed by atoms with E-state index in [0.29, 0.717) is 30.5 Å². The quantitative estimate of drug-likeness (QED) is 0.827. The number of hydrogen-bond acceptors (Lipinski definition) is 3. The van der Waals surface area contributed by atoms with Gasteiger partial charge in [-0.15, -0.1) is 0 Å². The van der Waals surface area contributed by atoms with Gasteiger partial charge in [-0.2, -0.15) is 0 Å². The SMILES string of the molecule is O=C(CCC1CCN(C(=O)C2CCCO2)CC1)NCc1cccc(Cl)c1. The standard InChI is InChI=1S/C20H27ClN2O3/c21-17-4-1-3-16(13-17)14-22-19(24)7-6-15-8-10-23(11-9-15)20(25)18-5-2-12-26-18/h1,3-4,13,15,18H,2,5-12,14H2,(H,22,24). The van der Waals surface area contributed by atoms with Crippen LogP contribution >= 0.6 is 11.6 Å². The van der Waals surface area contributed by atoms with Gasteiger partial charge in [-0.3, -0.25) is 9.59 Å². The summed E-state index contributed by atoms with van der Waals surface area (Å²) in [6.07, 6.45) is 4.97. The highest BCUT2D eigenvalue weighted by Gasteiger charge is 2.30. The summed E-state index contributed by atoms with van der Waals surface area (Å²) in [7, 11) is 0. The van der Waals surface area contributed by atoms with Crippen molar-refractivity contribution in [3.63, 3.8) is 0 Å². The second kappa shape index (κ2) is 9.38. The van der Waals surface area contributed by atoms with Gasteiger partial charge in [-0.25, -0.2) is 0 Å². The normalized spacial score (nSPS) is 21.0. The molecule has 1 unspecified atom stereocenters. The smallest absolute Gasteiger partial charge is 0.251 e. The molecular weight excluding hydrogens is 352 g/mol. The second-order valence-electron chi connectivity index (χ2n) is 7.22. The zero-order chi connectivity index (χ0) is 18.4. The molecule has 6 heteroatoms. The number of carbonyl (C=O) groups excluding carboxylic acids is 2. The Morgan fingerprint density at radius 2 is 2.04 bits per heavy atom. The molecule has 0 bridgehead atoms. The molecule has 0 spiro atoms. The molecule has 2 saturated heterocycles. The van der Waals surface area contributed by atoms with Gasteiger partial charge in [-0.05, 0) is 55.7 Å². The van der Waals surface area contributed by atoms with E-state index in [9.17, 15) is 9.59 Å². The van der Waals surface area contributed by atoms with Crippen LogP contribution in [0.1, 0.15) is 44.1 Å². The average Bonchev–Trinajstić information content (AvgIpc) is 3.19. The number of rotatable bonds is 6. The highest BCUT2D eigenvalue weighted by Crippen LogP contribution is 2.24. The Bertz CT molecular complexity index is 623. The fourth-order valence-electron chi connectivity index (χ4n) is 3.69. The third-order valence-electron chi connectivity index (χ3n) is 5.29. The molecule has 1 N–H and O–H groups in total. The van der Waals surface area contributed by atoms with Crippen LogP contribution in [0.15, 0.2) is 24.3 Å². The minimum atomic E-state index is -0.219. The molecule has 1 atom stereocenters. The van der Waals surface area contributed by atoms with Gasteiger partial charge in [0.2, 0.25) is 5.91 Å². The highest BCUT2D eigenvalue weighted by molar-refractivity contribution is 6.30. The molecule has 5 nitrogen and oxygen atoms in total. The van der Waals surface area contributed by atoms with Crippen molar-refractivity contribution in [2.45, 2.75) is 51.2 Å². The van der Waals surface area contributed by atoms with Crippen LogP contribution in [-0.2, 0) is 20.9 Å². The Labute approximate surface area is 160 Å². The first-order valence-corrected chi connectivity index (χ1v) is 9.91. The van der Waals surface area contributed by atoms with Crippen LogP contribution in [0.3, 0.4) is 0 Å². The lowest BCUT2D eigenvalue weighted by Gasteiger charge is -2.33. The molecule has 3 rings (SSSR count). The third kappa shape index (κ3) is 5.45. The van der Waals surface area contributed by atoms with Gasteiger partial charge < -0.3 is 15.0 Å². The Hall–Kier alpha value is -1.59. The summed E-state index contributed by atoms with van der Waals surface area (Å²) in [5.74, 6) is 0.739. The first-order chi connectivity index (χ1) is 12.6. The molecule has 2 amide bonds. The fraction of sp³-hybridized carbons (Fsp3) is 0.600. The lowest BCUT2D eigenvalue weighted by atomic mass is 9.91. The summed E-state index contributed by atoms with van der Waals surface area (Å²) in [6.45, 7) is 2.78. The molecular formula is C20H27ClN2O3. The number of hydrogen-bond donors (Lipinski definition) is 1. The number of nitrogens with one attached hydrogen (secondary N) is 1. The lowest BCUT2D eigenvalue weighted by Crippen LogP contribution is -2.43. The monoisotopic (exact) mass is 378 g/mol. The summed E-state index contributed by atoms with van der Waals surface area (Å²) in [5.41, 5.74) is 1.01. The molecule has 1 aromatic rings. The van der Waals surface area contributed by atoms with Crippen molar-refractivity contribution in [3.05, 3.63) is 34.9 Å². The molecule has 2 aliphatic heterocycles. The third-order valence-corrected chi connectivity index (χ3v) is 5.52. The molecule has 0 radical (unpaired) electrons. The number of ether oxygens (including phenoxy) is 1. The minimum Gasteiger partial charge on any atom is -0.368 e. The van der Waals surface area contributed by atoms with Crippen molar-refractivity contribution >= 4 is 23.4 Å². The number of piperidine rings is 1. The van der Waals surface area contributed by atoms with Crippen LogP contribution in [0.25, 0.3) is 0 Å². The fourth-order valence-corrected chi connectivity index (χ4v) is 3.90. The number of likely N-dealkylation sites (tertiary alicyclic amines) is 1. The van der Waals surface area contributed by atoms with E-state index in [-0.39, 0.29) is 17.9 Å². The molecule has 0 aromatic heterocycles. The highest BCUT2D eigenvalue weighted by atomic mass is 35.5. The molecule has 0 aliphatic carbocycles. The molecule has 2 fully saturated rings. The maximum Gasteiger partial charge on any atom is 0.251 e. The first kappa shape index (κ1) is 19.2. The maximum atomic E-state index is 12.3. The Balaban J connectivity index is 1.33. The Morgan fingerprint density at radius 1 is 1.23 bits per heavy atom. The zero-order valence-corrected chi connectivity index (χ0v) is 15.8. The van der Waals surface area contributed by atoms with Crippen LogP contribution in [0.5, 0.6) is 0 Å². The predicted octanol–water partition coefficient (Wildman–Crippen LogP) is 3.15. The van der Waals surface area contributed by atoms with Crippen molar-refractivity contribution in [2.24, 2.45) is 5.92 Å². The minimum absolute atomic E-state index is 0.0721. The van der Waals surface area contributed by atoms with Crippen molar-refractivity contribution in [1.29, 1.82) is 0 Å². The van der Waals surface area contributed by atoms with Gasteiger partial charge in [0, 0.05) is 37.7 Å². The van der Waals surface area contributed by atoms with Crippen LogP contribution in [0.4, 0.5) is 0 Å². The first-order valence-electron chi connectivity index (χ1n) is 9.53. The number of nitrogens with zero attached hydrogens (tertiary/aromatic N) is 1. The van der Waals surface area contributed by atoms with Crippen molar-refractivity contribution in [2.75, 3.05) is 19.7 Å². The zero-order valence-electron chi connectivity index (χ0n) is 15.1. The van der Waals surface area contributed by atoms with E-state index in [2.05, 4.69) is 5.32 Å². The Morgan fingerprint density at radius 3 is 2.73 bits per heavy atom. The lowest BCUT2D eigenvalue weighted by molar-refractivity contribution is -0.142. The average molecular weight is 379 g/mol. The van der Waals surface area contributed by atoms with Gasteiger partial charge in [0.25, 0.3) is 5.91 Å². The summed E-state index contributed by atoms with van der Waals surface area (Å²) in [5, 5.41) is 3.63. The molecule has 1 aromatic carbocycles. The van der Waals surface area contributed by atoms with Gasteiger partial charge in [0.1, 0.15) is 6.10 Å². The van der Waals surface area contributed by atoms with E-state index >= 15 is 0 Å². The predicted molar refractivity (Wildman–Crippen MR) is 101 cm³/mol. The Kier molecular flexibility index (Phi) is 6.92. The van der Waals surface area contributed by atoms with Crippen LogP contribution in [-0.4, -0.2) is 42.5 Å². The molecule has 0 saturated carbocycles. The van der Waals surface area contributed by atoms with Crippen LogP contribution < -0.4 is 5.32 Å². The van der Waals surface area contributed by atoms with E-state index < -0.39 is 0 Å². The largest absolute Gasteiger partial charge is 0.368 e. The summed E-state index contributed by atoms with van der Waals surface area (Å²) in [4.78, 5) is 26.3.